The molecule has 1 aliphatic heterocycles. The van der Waals surface area contributed by atoms with Crippen molar-refractivity contribution in [1.82, 2.24) is 4.90 Å². The zero-order chi connectivity index (χ0) is 11.6. The SMILES string of the molecule is CC1(C)C(N)CCCN1CC1CCCCC1. The van der Waals surface area contributed by atoms with Crippen LogP contribution in [0.5, 0.6) is 0 Å². The zero-order valence-electron chi connectivity index (χ0n) is 11.0. The van der Waals surface area contributed by atoms with E-state index in [4.69, 9.17) is 5.73 Å². The second-order valence-corrected chi connectivity index (χ2v) is 6.35. The van der Waals surface area contributed by atoms with Crippen molar-refractivity contribution in [2.45, 2.75) is 70.4 Å². The third kappa shape index (κ3) is 2.60. The number of hydrogen-bond donors (Lipinski definition) is 1. The smallest absolute Gasteiger partial charge is 0.0304 e. The van der Waals surface area contributed by atoms with Gasteiger partial charge in [0.05, 0.1) is 0 Å². The maximum absolute atomic E-state index is 6.27. The fourth-order valence-electron chi connectivity index (χ4n) is 3.39. The molecule has 0 amide bonds. The average Bonchev–Trinajstić information content (AvgIpc) is 2.27. The molecule has 2 nitrogen and oxygen atoms in total. The molecule has 0 aromatic carbocycles. The molecule has 0 aromatic rings. The predicted molar refractivity (Wildman–Crippen MR) is 69.4 cm³/mol. The van der Waals surface area contributed by atoms with E-state index in [0.29, 0.717) is 6.04 Å². The molecule has 1 aliphatic carbocycles. The first-order valence-electron chi connectivity index (χ1n) is 7.11. The van der Waals surface area contributed by atoms with Crippen molar-refractivity contribution in [3.63, 3.8) is 0 Å². The third-order valence-corrected chi connectivity index (χ3v) is 4.87. The Bertz CT molecular complexity index is 219. The Morgan fingerprint density at radius 1 is 1.06 bits per heavy atom. The lowest BCUT2D eigenvalue weighted by Crippen LogP contribution is -2.60. The van der Waals surface area contributed by atoms with Gasteiger partial charge in [-0.15, -0.1) is 0 Å². The van der Waals surface area contributed by atoms with Crippen LogP contribution in [0.3, 0.4) is 0 Å². The molecule has 1 saturated heterocycles. The van der Waals surface area contributed by atoms with Crippen LogP contribution >= 0.6 is 0 Å². The molecule has 16 heavy (non-hydrogen) atoms. The predicted octanol–water partition coefficient (Wildman–Crippen LogP) is 2.77. The van der Waals surface area contributed by atoms with Gasteiger partial charge in [-0.25, -0.2) is 0 Å². The van der Waals surface area contributed by atoms with Crippen LogP contribution < -0.4 is 5.73 Å². The van der Waals surface area contributed by atoms with Crippen molar-refractivity contribution in [2.75, 3.05) is 13.1 Å². The molecule has 1 saturated carbocycles. The highest BCUT2D eigenvalue weighted by molar-refractivity contribution is 4.95. The van der Waals surface area contributed by atoms with Crippen LogP contribution in [0.25, 0.3) is 0 Å². The first-order valence-corrected chi connectivity index (χ1v) is 7.11. The first-order chi connectivity index (χ1) is 7.60. The molecule has 0 spiro atoms. The lowest BCUT2D eigenvalue weighted by Gasteiger charge is -2.48. The Morgan fingerprint density at radius 2 is 1.75 bits per heavy atom. The van der Waals surface area contributed by atoms with Gasteiger partial charge < -0.3 is 5.73 Å². The number of nitrogens with zero attached hydrogens (tertiary/aromatic N) is 1. The second kappa shape index (κ2) is 5.05. The Labute approximate surface area is 101 Å². The van der Waals surface area contributed by atoms with Crippen molar-refractivity contribution in [1.29, 1.82) is 0 Å². The summed E-state index contributed by atoms with van der Waals surface area (Å²) in [6.45, 7) is 7.22. The van der Waals surface area contributed by atoms with Crippen molar-refractivity contribution in [2.24, 2.45) is 11.7 Å². The molecule has 0 bridgehead atoms. The Balaban J connectivity index is 1.91. The largest absolute Gasteiger partial charge is 0.326 e. The summed E-state index contributed by atoms with van der Waals surface area (Å²) in [5.41, 5.74) is 6.48. The van der Waals surface area contributed by atoms with Gasteiger partial charge in [-0.1, -0.05) is 19.3 Å². The monoisotopic (exact) mass is 224 g/mol. The van der Waals surface area contributed by atoms with Gasteiger partial charge in [0.2, 0.25) is 0 Å². The van der Waals surface area contributed by atoms with Gasteiger partial charge in [0.15, 0.2) is 0 Å². The lowest BCUT2D eigenvalue weighted by atomic mass is 9.82. The van der Waals surface area contributed by atoms with Crippen molar-refractivity contribution < 1.29 is 0 Å². The van der Waals surface area contributed by atoms with Gasteiger partial charge in [0, 0.05) is 18.1 Å². The molecule has 1 unspecified atom stereocenters. The van der Waals surface area contributed by atoms with Crippen LogP contribution in [0.2, 0.25) is 0 Å². The van der Waals surface area contributed by atoms with Gasteiger partial charge in [0.25, 0.3) is 0 Å². The minimum Gasteiger partial charge on any atom is -0.326 e. The number of hydrogen-bond acceptors (Lipinski definition) is 2. The van der Waals surface area contributed by atoms with Crippen molar-refractivity contribution in [3.8, 4) is 0 Å². The van der Waals surface area contributed by atoms with Gasteiger partial charge in [-0.05, 0) is 52.0 Å². The Morgan fingerprint density at radius 3 is 2.44 bits per heavy atom. The van der Waals surface area contributed by atoms with E-state index < -0.39 is 0 Å². The van der Waals surface area contributed by atoms with E-state index in [1.807, 2.05) is 0 Å². The highest BCUT2D eigenvalue weighted by Gasteiger charge is 2.37. The van der Waals surface area contributed by atoms with E-state index >= 15 is 0 Å². The van der Waals surface area contributed by atoms with Gasteiger partial charge in [-0.3, -0.25) is 4.90 Å². The van der Waals surface area contributed by atoms with Crippen LogP contribution in [0.15, 0.2) is 0 Å². The molecular weight excluding hydrogens is 196 g/mol. The summed E-state index contributed by atoms with van der Waals surface area (Å²) in [4.78, 5) is 2.66. The van der Waals surface area contributed by atoms with E-state index in [-0.39, 0.29) is 5.54 Å². The highest BCUT2D eigenvalue weighted by Crippen LogP contribution is 2.31. The molecular formula is C14H28N2. The molecule has 94 valence electrons. The molecule has 2 rings (SSSR count). The van der Waals surface area contributed by atoms with E-state index in [0.717, 1.165) is 5.92 Å². The van der Waals surface area contributed by atoms with Gasteiger partial charge in [0.1, 0.15) is 0 Å². The normalized spacial score (nSPS) is 32.8. The van der Waals surface area contributed by atoms with Crippen LogP contribution in [0, 0.1) is 5.92 Å². The molecule has 0 aromatic heterocycles. The van der Waals surface area contributed by atoms with Gasteiger partial charge >= 0.3 is 0 Å². The molecule has 2 N–H and O–H groups in total. The number of nitrogens with two attached hydrogens (primary N) is 1. The molecule has 2 heteroatoms. The molecule has 1 atom stereocenters. The van der Waals surface area contributed by atoms with Crippen LogP contribution in [0.1, 0.15) is 58.8 Å². The summed E-state index contributed by atoms with van der Waals surface area (Å²) in [5, 5.41) is 0. The van der Waals surface area contributed by atoms with Crippen molar-refractivity contribution in [3.05, 3.63) is 0 Å². The maximum atomic E-state index is 6.27. The summed E-state index contributed by atoms with van der Waals surface area (Å²) in [6, 6.07) is 0.366. The maximum Gasteiger partial charge on any atom is 0.0304 e. The van der Waals surface area contributed by atoms with Crippen molar-refractivity contribution >= 4 is 0 Å². The standard InChI is InChI=1S/C14H28N2/c1-14(2)13(15)9-6-10-16(14)11-12-7-4-3-5-8-12/h12-13H,3-11,15H2,1-2H3. The fraction of sp³-hybridized carbons (Fsp3) is 1.00. The topological polar surface area (TPSA) is 29.3 Å². The summed E-state index contributed by atoms with van der Waals surface area (Å²) in [5.74, 6) is 0.943. The quantitative estimate of drug-likeness (QED) is 0.781. The fourth-order valence-corrected chi connectivity index (χ4v) is 3.39. The summed E-state index contributed by atoms with van der Waals surface area (Å²) in [6.07, 6.45) is 9.74. The van der Waals surface area contributed by atoms with Crippen LogP contribution in [0.4, 0.5) is 0 Å². The van der Waals surface area contributed by atoms with E-state index in [2.05, 4.69) is 18.7 Å². The minimum atomic E-state index is 0.218. The number of likely N-dealkylation sites (tertiary alicyclic amines) is 1. The lowest BCUT2D eigenvalue weighted by molar-refractivity contribution is 0.0370. The van der Waals surface area contributed by atoms with Gasteiger partial charge in [-0.2, -0.15) is 0 Å². The third-order valence-electron chi connectivity index (χ3n) is 4.87. The molecule has 2 aliphatic rings. The zero-order valence-corrected chi connectivity index (χ0v) is 11.0. The van der Waals surface area contributed by atoms with E-state index in [1.54, 1.807) is 0 Å². The highest BCUT2D eigenvalue weighted by atomic mass is 15.2. The summed E-state index contributed by atoms with van der Waals surface area (Å²) >= 11 is 0. The van der Waals surface area contributed by atoms with E-state index in [9.17, 15) is 0 Å². The minimum absolute atomic E-state index is 0.218. The van der Waals surface area contributed by atoms with Crippen LogP contribution in [-0.4, -0.2) is 29.6 Å². The number of piperidine rings is 1. The molecule has 2 fully saturated rings. The first kappa shape index (κ1) is 12.4. The Hall–Kier alpha value is -0.0800. The summed E-state index contributed by atoms with van der Waals surface area (Å²) in [7, 11) is 0. The average molecular weight is 224 g/mol. The van der Waals surface area contributed by atoms with E-state index in [1.165, 1.54) is 58.0 Å². The second-order valence-electron chi connectivity index (χ2n) is 6.35. The number of rotatable bonds is 2. The summed E-state index contributed by atoms with van der Waals surface area (Å²) < 4.78 is 0. The molecule has 1 heterocycles. The van der Waals surface area contributed by atoms with Crippen LogP contribution in [-0.2, 0) is 0 Å². The Kier molecular flexibility index (Phi) is 3.91. The molecule has 0 radical (unpaired) electrons.